The van der Waals surface area contributed by atoms with Crippen molar-refractivity contribution < 1.29 is 5.11 Å². The Bertz CT molecular complexity index is 335. The molecule has 17 heavy (non-hydrogen) atoms. The molecule has 0 aliphatic carbocycles. The van der Waals surface area contributed by atoms with Crippen LogP contribution in [0.2, 0.25) is 0 Å². The molecule has 1 aromatic carbocycles. The van der Waals surface area contributed by atoms with Crippen LogP contribution in [-0.4, -0.2) is 35.7 Å². The SMILES string of the molecule is CCCC1CN(Cc2ccc(O)cc2)CCN1. The molecule has 1 aliphatic heterocycles. The zero-order valence-corrected chi connectivity index (χ0v) is 10.5. The van der Waals surface area contributed by atoms with Gasteiger partial charge in [0.1, 0.15) is 5.75 Å². The van der Waals surface area contributed by atoms with Crippen LogP contribution in [-0.2, 0) is 6.54 Å². The average Bonchev–Trinajstić information content (AvgIpc) is 2.33. The monoisotopic (exact) mass is 234 g/mol. The summed E-state index contributed by atoms with van der Waals surface area (Å²) in [6.07, 6.45) is 2.50. The number of hydrogen-bond acceptors (Lipinski definition) is 3. The zero-order valence-electron chi connectivity index (χ0n) is 10.5. The Morgan fingerprint density at radius 1 is 1.35 bits per heavy atom. The number of nitrogens with one attached hydrogen (secondary N) is 1. The lowest BCUT2D eigenvalue weighted by Gasteiger charge is -2.33. The Morgan fingerprint density at radius 2 is 2.12 bits per heavy atom. The molecule has 1 fully saturated rings. The largest absolute Gasteiger partial charge is 0.508 e. The zero-order chi connectivity index (χ0) is 12.1. The molecule has 0 saturated carbocycles. The molecule has 0 bridgehead atoms. The van der Waals surface area contributed by atoms with Gasteiger partial charge in [0.25, 0.3) is 0 Å². The Labute approximate surface area is 103 Å². The second-order valence-electron chi connectivity index (χ2n) is 4.84. The lowest BCUT2D eigenvalue weighted by Crippen LogP contribution is -2.50. The third kappa shape index (κ3) is 3.72. The standard InChI is InChI=1S/C14H22N2O/c1-2-3-13-11-16(9-8-15-13)10-12-4-6-14(17)7-5-12/h4-7,13,15,17H,2-3,8-11H2,1H3. The Hall–Kier alpha value is -1.06. The Balaban J connectivity index is 1.87. The van der Waals surface area contributed by atoms with Gasteiger partial charge >= 0.3 is 0 Å². The van der Waals surface area contributed by atoms with E-state index in [4.69, 9.17) is 0 Å². The second-order valence-corrected chi connectivity index (χ2v) is 4.84. The van der Waals surface area contributed by atoms with Crippen LogP contribution < -0.4 is 5.32 Å². The summed E-state index contributed by atoms with van der Waals surface area (Å²) in [7, 11) is 0. The molecule has 1 aliphatic rings. The lowest BCUT2D eigenvalue weighted by atomic mass is 10.1. The molecule has 1 saturated heterocycles. The quantitative estimate of drug-likeness (QED) is 0.836. The van der Waals surface area contributed by atoms with Crippen molar-refractivity contribution in [3.63, 3.8) is 0 Å². The summed E-state index contributed by atoms with van der Waals surface area (Å²) >= 11 is 0. The Morgan fingerprint density at radius 3 is 2.82 bits per heavy atom. The predicted octanol–water partition coefficient (Wildman–Crippen LogP) is 1.97. The highest BCUT2D eigenvalue weighted by Crippen LogP contribution is 2.13. The van der Waals surface area contributed by atoms with Gasteiger partial charge in [0.2, 0.25) is 0 Å². The van der Waals surface area contributed by atoms with Crippen molar-refractivity contribution in [2.75, 3.05) is 19.6 Å². The van der Waals surface area contributed by atoms with Gasteiger partial charge in [0.15, 0.2) is 0 Å². The van der Waals surface area contributed by atoms with Crippen LogP contribution in [0.4, 0.5) is 0 Å². The maximum atomic E-state index is 9.25. The van der Waals surface area contributed by atoms with E-state index in [9.17, 15) is 5.11 Å². The minimum atomic E-state index is 0.345. The first-order chi connectivity index (χ1) is 8.28. The van der Waals surface area contributed by atoms with E-state index in [1.165, 1.54) is 18.4 Å². The molecule has 3 nitrogen and oxygen atoms in total. The number of phenolic OH excluding ortho intramolecular Hbond substituents is 1. The molecular weight excluding hydrogens is 212 g/mol. The molecule has 94 valence electrons. The molecule has 0 spiro atoms. The average molecular weight is 234 g/mol. The fraction of sp³-hybridized carbons (Fsp3) is 0.571. The van der Waals surface area contributed by atoms with Crippen molar-refractivity contribution in [1.82, 2.24) is 10.2 Å². The third-order valence-corrected chi connectivity index (χ3v) is 3.32. The van der Waals surface area contributed by atoms with E-state index in [0.717, 1.165) is 26.2 Å². The fourth-order valence-corrected chi connectivity index (χ4v) is 2.44. The lowest BCUT2D eigenvalue weighted by molar-refractivity contribution is 0.187. The molecule has 3 heteroatoms. The summed E-state index contributed by atoms with van der Waals surface area (Å²) in [5.74, 6) is 0.345. The Kier molecular flexibility index (Phi) is 4.40. The summed E-state index contributed by atoms with van der Waals surface area (Å²) in [6, 6.07) is 8.19. The number of nitrogens with zero attached hydrogens (tertiary/aromatic N) is 1. The number of hydrogen-bond donors (Lipinski definition) is 2. The summed E-state index contributed by atoms with van der Waals surface area (Å²) in [5.41, 5.74) is 1.28. The van der Waals surface area contributed by atoms with E-state index in [1.807, 2.05) is 12.1 Å². The van der Waals surface area contributed by atoms with Gasteiger partial charge in [0.05, 0.1) is 0 Å². The molecule has 2 rings (SSSR count). The molecule has 1 unspecified atom stereocenters. The minimum Gasteiger partial charge on any atom is -0.508 e. The first kappa shape index (κ1) is 12.4. The number of benzene rings is 1. The van der Waals surface area contributed by atoms with Crippen LogP contribution >= 0.6 is 0 Å². The van der Waals surface area contributed by atoms with Crippen LogP contribution in [0, 0.1) is 0 Å². The number of aromatic hydroxyl groups is 1. The van der Waals surface area contributed by atoms with Gasteiger partial charge in [-0.3, -0.25) is 4.90 Å². The molecule has 0 amide bonds. The molecule has 2 N–H and O–H groups in total. The van der Waals surface area contributed by atoms with Crippen molar-refractivity contribution in [1.29, 1.82) is 0 Å². The fourth-order valence-electron chi connectivity index (χ4n) is 2.44. The van der Waals surface area contributed by atoms with Gasteiger partial charge in [-0.25, -0.2) is 0 Å². The van der Waals surface area contributed by atoms with Crippen molar-refractivity contribution in [2.45, 2.75) is 32.4 Å². The first-order valence-electron chi connectivity index (χ1n) is 6.51. The van der Waals surface area contributed by atoms with Crippen molar-refractivity contribution in [2.24, 2.45) is 0 Å². The van der Waals surface area contributed by atoms with Gasteiger partial charge in [-0.1, -0.05) is 25.5 Å². The first-order valence-corrected chi connectivity index (χ1v) is 6.51. The van der Waals surface area contributed by atoms with Gasteiger partial charge < -0.3 is 10.4 Å². The van der Waals surface area contributed by atoms with Crippen LogP contribution in [0.25, 0.3) is 0 Å². The number of phenols is 1. The smallest absolute Gasteiger partial charge is 0.115 e. The second kappa shape index (κ2) is 6.03. The van der Waals surface area contributed by atoms with Gasteiger partial charge in [-0.2, -0.15) is 0 Å². The van der Waals surface area contributed by atoms with E-state index in [0.29, 0.717) is 11.8 Å². The molecule has 0 aromatic heterocycles. The summed E-state index contributed by atoms with van der Waals surface area (Å²) in [5, 5.41) is 12.8. The predicted molar refractivity (Wildman–Crippen MR) is 70.1 cm³/mol. The number of rotatable bonds is 4. The van der Waals surface area contributed by atoms with E-state index in [-0.39, 0.29) is 0 Å². The minimum absolute atomic E-state index is 0.345. The summed E-state index contributed by atoms with van der Waals surface area (Å²) in [6.45, 7) is 6.56. The van der Waals surface area contributed by atoms with Gasteiger partial charge in [-0.15, -0.1) is 0 Å². The van der Waals surface area contributed by atoms with Crippen LogP contribution in [0.5, 0.6) is 5.75 Å². The van der Waals surface area contributed by atoms with E-state index >= 15 is 0 Å². The van der Waals surface area contributed by atoms with Crippen molar-refractivity contribution in [3.8, 4) is 5.75 Å². The van der Waals surface area contributed by atoms with Crippen LogP contribution in [0.15, 0.2) is 24.3 Å². The van der Waals surface area contributed by atoms with Gasteiger partial charge in [0, 0.05) is 32.2 Å². The third-order valence-electron chi connectivity index (χ3n) is 3.32. The molecule has 1 atom stereocenters. The summed E-state index contributed by atoms with van der Waals surface area (Å²) in [4.78, 5) is 2.49. The topological polar surface area (TPSA) is 35.5 Å². The normalized spacial score (nSPS) is 21.6. The highest BCUT2D eigenvalue weighted by Gasteiger charge is 2.18. The molecular formula is C14H22N2O. The number of piperazine rings is 1. The highest BCUT2D eigenvalue weighted by molar-refractivity contribution is 5.25. The van der Waals surface area contributed by atoms with Crippen molar-refractivity contribution >= 4 is 0 Å². The van der Waals surface area contributed by atoms with Gasteiger partial charge in [-0.05, 0) is 24.1 Å². The molecule has 1 aromatic rings. The van der Waals surface area contributed by atoms with E-state index < -0.39 is 0 Å². The van der Waals surface area contributed by atoms with E-state index in [1.54, 1.807) is 12.1 Å². The van der Waals surface area contributed by atoms with E-state index in [2.05, 4.69) is 17.1 Å². The maximum absolute atomic E-state index is 9.25. The van der Waals surface area contributed by atoms with Crippen molar-refractivity contribution in [3.05, 3.63) is 29.8 Å². The van der Waals surface area contributed by atoms with Crippen LogP contribution in [0.1, 0.15) is 25.3 Å². The molecule has 1 heterocycles. The van der Waals surface area contributed by atoms with Crippen LogP contribution in [0.3, 0.4) is 0 Å². The highest BCUT2D eigenvalue weighted by atomic mass is 16.3. The maximum Gasteiger partial charge on any atom is 0.115 e. The molecule has 0 radical (unpaired) electrons. The summed E-state index contributed by atoms with van der Waals surface area (Å²) < 4.78 is 0.